The van der Waals surface area contributed by atoms with Crippen molar-refractivity contribution in [1.82, 2.24) is 5.32 Å². The topological polar surface area (TPSA) is 47.6 Å². The van der Waals surface area contributed by atoms with Crippen LogP contribution in [-0.2, 0) is 4.79 Å². The molecule has 4 nitrogen and oxygen atoms in total. The number of para-hydroxylation sites is 1. The van der Waals surface area contributed by atoms with E-state index in [-0.39, 0.29) is 11.7 Å². The standard InChI is InChI=1S/C19H22FNO3/c1-3-17(24-16-10-8-15(20)9-11-16)19(22)21-12-13-23-18-7-5-4-6-14(18)2/h4-11,17H,3,12-13H2,1-2H3,(H,21,22). The molecule has 5 heteroatoms. The van der Waals surface area contributed by atoms with Crippen LogP contribution in [-0.4, -0.2) is 25.2 Å². The Kier molecular flexibility index (Phi) is 6.61. The summed E-state index contributed by atoms with van der Waals surface area (Å²) in [5, 5.41) is 2.79. The Balaban J connectivity index is 1.77. The molecule has 128 valence electrons. The molecule has 0 aliphatic heterocycles. The van der Waals surface area contributed by atoms with E-state index in [1.165, 1.54) is 24.3 Å². The predicted molar refractivity (Wildman–Crippen MR) is 90.8 cm³/mol. The summed E-state index contributed by atoms with van der Waals surface area (Å²) in [5.41, 5.74) is 1.05. The fraction of sp³-hybridized carbons (Fsp3) is 0.316. The largest absolute Gasteiger partial charge is 0.491 e. The van der Waals surface area contributed by atoms with Crippen molar-refractivity contribution >= 4 is 5.91 Å². The molecule has 1 atom stereocenters. The van der Waals surface area contributed by atoms with Crippen molar-refractivity contribution in [2.24, 2.45) is 0 Å². The summed E-state index contributed by atoms with van der Waals surface area (Å²) >= 11 is 0. The van der Waals surface area contributed by atoms with Crippen LogP contribution in [0.1, 0.15) is 18.9 Å². The lowest BCUT2D eigenvalue weighted by molar-refractivity contribution is -0.128. The molecule has 0 spiro atoms. The molecule has 1 unspecified atom stereocenters. The second kappa shape index (κ2) is 8.91. The van der Waals surface area contributed by atoms with Crippen molar-refractivity contribution in [3.8, 4) is 11.5 Å². The zero-order chi connectivity index (χ0) is 17.4. The van der Waals surface area contributed by atoms with Crippen LogP contribution in [0.3, 0.4) is 0 Å². The van der Waals surface area contributed by atoms with Crippen molar-refractivity contribution < 1.29 is 18.7 Å². The lowest BCUT2D eigenvalue weighted by atomic mass is 10.2. The predicted octanol–water partition coefficient (Wildman–Crippen LogP) is 3.49. The van der Waals surface area contributed by atoms with Gasteiger partial charge in [0, 0.05) is 0 Å². The van der Waals surface area contributed by atoms with E-state index in [1.807, 2.05) is 38.1 Å². The van der Waals surface area contributed by atoms with E-state index >= 15 is 0 Å². The van der Waals surface area contributed by atoms with Gasteiger partial charge in [0.25, 0.3) is 5.91 Å². The van der Waals surface area contributed by atoms with Gasteiger partial charge in [-0.25, -0.2) is 4.39 Å². The first-order valence-electron chi connectivity index (χ1n) is 7.98. The Morgan fingerprint density at radius 2 is 1.88 bits per heavy atom. The molecule has 0 bridgehead atoms. The molecular weight excluding hydrogens is 309 g/mol. The maximum atomic E-state index is 12.9. The van der Waals surface area contributed by atoms with Gasteiger partial charge in [-0.3, -0.25) is 4.79 Å². The summed E-state index contributed by atoms with van der Waals surface area (Å²) in [4.78, 5) is 12.2. The van der Waals surface area contributed by atoms with Crippen LogP contribution in [0.5, 0.6) is 11.5 Å². The number of nitrogens with one attached hydrogen (secondary N) is 1. The monoisotopic (exact) mass is 331 g/mol. The molecule has 2 rings (SSSR count). The molecule has 0 aliphatic rings. The number of carbonyl (C=O) groups excluding carboxylic acids is 1. The number of hydrogen-bond acceptors (Lipinski definition) is 3. The van der Waals surface area contributed by atoms with Gasteiger partial charge in [0.1, 0.15) is 23.9 Å². The van der Waals surface area contributed by atoms with E-state index in [1.54, 1.807) is 0 Å². The highest BCUT2D eigenvalue weighted by atomic mass is 19.1. The highest BCUT2D eigenvalue weighted by molar-refractivity contribution is 5.81. The Morgan fingerprint density at radius 1 is 1.17 bits per heavy atom. The van der Waals surface area contributed by atoms with Gasteiger partial charge in [-0.2, -0.15) is 0 Å². The highest BCUT2D eigenvalue weighted by Gasteiger charge is 2.17. The molecular formula is C19H22FNO3. The molecule has 0 saturated carbocycles. The van der Waals surface area contributed by atoms with Crippen molar-refractivity contribution in [1.29, 1.82) is 0 Å². The minimum Gasteiger partial charge on any atom is -0.491 e. The number of ether oxygens (including phenoxy) is 2. The SMILES string of the molecule is CCC(Oc1ccc(F)cc1)C(=O)NCCOc1ccccc1C. The zero-order valence-corrected chi connectivity index (χ0v) is 13.9. The third-order valence-corrected chi connectivity index (χ3v) is 3.51. The van der Waals surface area contributed by atoms with Crippen LogP contribution in [0.25, 0.3) is 0 Å². The van der Waals surface area contributed by atoms with Crippen LogP contribution in [0, 0.1) is 12.7 Å². The van der Waals surface area contributed by atoms with Crippen LogP contribution >= 0.6 is 0 Å². The average Bonchev–Trinajstić information content (AvgIpc) is 2.59. The lowest BCUT2D eigenvalue weighted by Gasteiger charge is -2.17. The molecule has 1 amide bonds. The van der Waals surface area contributed by atoms with Gasteiger partial charge < -0.3 is 14.8 Å². The van der Waals surface area contributed by atoms with Gasteiger partial charge in [-0.05, 0) is 49.2 Å². The van der Waals surface area contributed by atoms with Crippen molar-refractivity contribution in [2.75, 3.05) is 13.2 Å². The van der Waals surface area contributed by atoms with Crippen molar-refractivity contribution in [2.45, 2.75) is 26.4 Å². The number of rotatable bonds is 8. The van der Waals surface area contributed by atoms with E-state index in [4.69, 9.17) is 9.47 Å². The molecule has 0 aromatic heterocycles. The van der Waals surface area contributed by atoms with E-state index in [0.29, 0.717) is 25.3 Å². The Hall–Kier alpha value is -2.56. The van der Waals surface area contributed by atoms with Crippen molar-refractivity contribution in [3.63, 3.8) is 0 Å². The summed E-state index contributed by atoms with van der Waals surface area (Å²) < 4.78 is 24.1. The molecule has 2 aromatic rings. The maximum Gasteiger partial charge on any atom is 0.261 e. The third kappa shape index (κ3) is 5.26. The Bertz CT molecular complexity index is 658. The number of amides is 1. The highest BCUT2D eigenvalue weighted by Crippen LogP contribution is 2.16. The molecule has 0 fully saturated rings. The van der Waals surface area contributed by atoms with Gasteiger partial charge in [0.15, 0.2) is 6.10 Å². The number of aryl methyl sites for hydroxylation is 1. The quantitative estimate of drug-likeness (QED) is 0.753. The van der Waals surface area contributed by atoms with E-state index < -0.39 is 6.10 Å². The number of hydrogen-bond donors (Lipinski definition) is 1. The first kappa shape index (κ1) is 17.8. The molecule has 24 heavy (non-hydrogen) atoms. The number of carbonyl (C=O) groups is 1. The molecule has 2 aromatic carbocycles. The lowest BCUT2D eigenvalue weighted by Crippen LogP contribution is -2.39. The fourth-order valence-corrected chi connectivity index (χ4v) is 2.17. The Labute approximate surface area is 141 Å². The van der Waals surface area contributed by atoms with Crippen LogP contribution in [0.2, 0.25) is 0 Å². The molecule has 0 heterocycles. The van der Waals surface area contributed by atoms with Crippen LogP contribution in [0.15, 0.2) is 48.5 Å². The summed E-state index contributed by atoms with van der Waals surface area (Å²) in [6.45, 7) is 4.59. The molecule has 0 aliphatic carbocycles. The minimum absolute atomic E-state index is 0.213. The van der Waals surface area contributed by atoms with E-state index in [2.05, 4.69) is 5.32 Å². The van der Waals surface area contributed by atoms with Crippen LogP contribution in [0.4, 0.5) is 4.39 Å². The maximum absolute atomic E-state index is 12.9. The van der Waals surface area contributed by atoms with Gasteiger partial charge in [0.05, 0.1) is 6.54 Å². The molecule has 0 saturated heterocycles. The Morgan fingerprint density at radius 3 is 2.54 bits per heavy atom. The summed E-state index contributed by atoms with van der Waals surface area (Å²) in [6.07, 6.45) is -0.101. The summed E-state index contributed by atoms with van der Waals surface area (Å²) in [5.74, 6) is 0.722. The summed E-state index contributed by atoms with van der Waals surface area (Å²) in [6, 6.07) is 13.3. The van der Waals surface area contributed by atoms with Crippen molar-refractivity contribution in [3.05, 3.63) is 59.9 Å². The average molecular weight is 331 g/mol. The number of halogens is 1. The zero-order valence-electron chi connectivity index (χ0n) is 13.9. The smallest absolute Gasteiger partial charge is 0.261 e. The first-order valence-corrected chi connectivity index (χ1v) is 7.98. The second-order valence-corrected chi connectivity index (χ2v) is 5.37. The third-order valence-electron chi connectivity index (χ3n) is 3.51. The second-order valence-electron chi connectivity index (χ2n) is 5.37. The molecule has 1 N–H and O–H groups in total. The van der Waals surface area contributed by atoms with Gasteiger partial charge in [0.2, 0.25) is 0 Å². The van der Waals surface area contributed by atoms with E-state index in [0.717, 1.165) is 11.3 Å². The minimum atomic E-state index is -0.617. The fourth-order valence-electron chi connectivity index (χ4n) is 2.17. The number of benzene rings is 2. The van der Waals surface area contributed by atoms with Gasteiger partial charge in [-0.1, -0.05) is 25.1 Å². The van der Waals surface area contributed by atoms with Gasteiger partial charge in [-0.15, -0.1) is 0 Å². The van der Waals surface area contributed by atoms with Gasteiger partial charge >= 0.3 is 0 Å². The summed E-state index contributed by atoms with van der Waals surface area (Å²) in [7, 11) is 0. The van der Waals surface area contributed by atoms with E-state index in [9.17, 15) is 9.18 Å². The van der Waals surface area contributed by atoms with Crippen LogP contribution < -0.4 is 14.8 Å². The molecule has 0 radical (unpaired) electrons. The first-order chi connectivity index (χ1) is 11.6. The normalized spacial score (nSPS) is 11.6.